The topological polar surface area (TPSA) is 58.6 Å². The monoisotopic (exact) mass is 368 g/mol. The van der Waals surface area contributed by atoms with E-state index in [0.29, 0.717) is 11.3 Å². The van der Waals surface area contributed by atoms with E-state index < -0.39 is 11.7 Å². The van der Waals surface area contributed by atoms with E-state index >= 15 is 0 Å². The minimum Gasteiger partial charge on any atom is -0.444 e. The Labute approximate surface area is 139 Å². The Kier molecular flexibility index (Phi) is 6.17. The lowest BCUT2D eigenvalue weighted by molar-refractivity contribution is 0.0636. The van der Waals surface area contributed by atoms with Crippen molar-refractivity contribution in [1.29, 1.82) is 0 Å². The van der Waals surface area contributed by atoms with Crippen LogP contribution in [0.5, 0.6) is 0 Å². The molecular weight excluding hydrogens is 348 g/mol. The Hall–Kier alpha value is -1.82. The number of rotatable bonds is 4. The van der Waals surface area contributed by atoms with Crippen LogP contribution in [0.1, 0.15) is 31.1 Å². The number of anilines is 1. The molecule has 0 aliphatic rings. The molecule has 0 atom stereocenters. The van der Waals surface area contributed by atoms with Crippen LogP contribution in [0.15, 0.2) is 34.9 Å². The molecule has 1 aromatic rings. The van der Waals surface area contributed by atoms with Gasteiger partial charge in [-0.3, -0.25) is 10.1 Å². The SMILES string of the molecule is CN(C)/C=C/C(=O)c1cc(Br)ccc1NC(=O)OC(C)(C)C. The van der Waals surface area contributed by atoms with Gasteiger partial charge in [-0.2, -0.15) is 0 Å². The van der Waals surface area contributed by atoms with E-state index in [0.717, 1.165) is 4.47 Å². The Morgan fingerprint density at radius 1 is 1.27 bits per heavy atom. The molecular formula is C16H21BrN2O3. The number of halogens is 1. The fourth-order valence-electron chi connectivity index (χ4n) is 1.55. The minimum atomic E-state index is -0.603. The molecule has 0 aliphatic heterocycles. The molecule has 22 heavy (non-hydrogen) atoms. The molecule has 1 aromatic carbocycles. The molecule has 0 saturated carbocycles. The average Bonchev–Trinajstić information content (AvgIpc) is 2.35. The van der Waals surface area contributed by atoms with E-state index in [1.54, 1.807) is 50.1 Å². The number of ketones is 1. The molecule has 6 heteroatoms. The van der Waals surface area contributed by atoms with E-state index in [9.17, 15) is 9.59 Å². The molecule has 1 amide bonds. The van der Waals surface area contributed by atoms with Gasteiger partial charge in [0.1, 0.15) is 5.60 Å². The van der Waals surface area contributed by atoms with Crippen molar-refractivity contribution in [2.75, 3.05) is 19.4 Å². The van der Waals surface area contributed by atoms with Gasteiger partial charge < -0.3 is 9.64 Å². The molecule has 1 N–H and O–H groups in total. The lowest BCUT2D eigenvalue weighted by Gasteiger charge is -2.20. The zero-order chi connectivity index (χ0) is 16.9. The van der Waals surface area contributed by atoms with E-state index in [4.69, 9.17) is 4.74 Å². The van der Waals surface area contributed by atoms with Crippen LogP contribution in [-0.4, -0.2) is 36.5 Å². The lowest BCUT2D eigenvalue weighted by Crippen LogP contribution is -2.27. The molecule has 1 rings (SSSR count). The van der Waals surface area contributed by atoms with Crippen LogP contribution in [0.3, 0.4) is 0 Å². The summed E-state index contributed by atoms with van der Waals surface area (Å²) in [6.45, 7) is 5.33. The summed E-state index contributed by atoms with van der Waals surface area (Å²) < 4.78 is 5.96. The van der Waals surface area contributed by atoms with Gasteiger partial charge in [0.25, 0.3) is 0 Å². The van der Waals surface area contributed by atoms with E-state index in [1.165, 1.54) is 6.08 Å². The predicted octanol–water partition coefficient (Wildman–Crippen LogP) is 4.05. The quantitative estimate of drug-likeness (QED) is 0.643. The highest BCUT2D eigenvalue weighted by molar-refractivity contribution is 9.10. The molecule has 0 heterocycles. The fourth-order valence-corrected chi connectivity index (χ4v) is 1.91. The number of carbonyl (C=O) groups excluding carboxylic acids is 2. The van der Waals surface area contributed by atoms with Gasteiger partial charge in [-0.25, -0.2) is 4.79 Å². The molecule has 0 fully saturated rings. The van der Waals surface area contributed by atoms with Gasteiger partial charge in [-0.15, -0.1) is 0 Å². The molecule has 120 valence electrons. The third-order valence-corrected chi connectivity index (χ3v) is 2.90. The number of benzene rings is 1. The molecule has 0 bridgehead atoms. The summed E-state index contributed by atoms with van der Waals surface area (Å²) in [5.74, 6) is -0.207. The second-order valence-electron chi connectivity index (χ2n) is 5.96. The van der Waals surface area contributed by atoms with Crippen molar-refractivity contribution in [1.82, 2.24) is 4.90 Å². The van der Waals surface area contributed by atoms with Crippen LogP contribution in [0, 0.1) is 0 Å². The van der Waals surface area contributed by atoms with Crippen LogP contribution >= 0.6 is 15.9 Å². The maximum Gasteiger partial charge on any atom is 0.412 e. The average molecular weight is 369 g/mol. The Morgan fingerprint density at radius 3 is 2.45 bits per heavy atom. The van der Waals surface area contributed by atoms with Crippen LogP contribution in [0.4, 0.5) is 10.5 Å². The maximum absolute atomic E-state index is 12.3. The van der Waals surface area contributed by atoms with Crippen LogP contribution in [0.25, 0.3) is 0 Å². The second-order valence-corrected chi connectivity index (χ2v) is 6.88. The maximum atomic E-state index is 12.3. The first-order valence-corrected chi connectivity index (χ1v) is 7.56. The number of allylic oxidation sites excluding steroid dienone is 1. The highest BCUT2D eigenvalue weighted by Gasteiger charge is 2.18. The standard InChI is InChI=1S/C16H21BrN2O3/c1-16(2,3)22-15(21)18-13-7-6-11(17)10-12(13)14(20)8-9-19(4)5/h6-10H,1-5H3,(H,18,21)/b9-8+. The Morgan fingerprint density at radius 2 is 1.91 bits per heavy atom. The van der Waals surface area contributed by atoms with Gasteiger partial charge in [0.05, 0.1) is 5.69 Å². The summed E-state index contributed by atoms with van der Waals surface area (Å²) in [5.41, 5.74) is 0.193. The number of carbonyl (C=O) groups is 2. The summed E-state index contributed by atoms with van der Waals surface area (Å²) in [7, 11) is 3.65. The van der Waals surface area contributed by atoms with Crippen molar-refractivity contribution in [3.63, 3.8) is 0 Å². The van der Waals surface area contributed by atoms with Crippen molar-refractivity contribution in [3.8, 4) is 0 Å². The fraction of sp³-hybridized carbons (Fsp3) is 0.375. The van der Waals surface area contributed by atoms with Gasteiger partial charge in [0.15, 0.2) is 5.78 Å². The molecule has 0 aromatic heterocycles. The van der Waals surface area contributed by atoms with Gasteiger partial charge in [-0.05, 0) is 39.0 Å². The molecule has 0 unspecified atom stereocenters. The van der Waals surface area contributed by atoms with Crippen molar-refractivity contribution in [2.24, 2.45) is 0 Å². The van der Waals surface area contributed by atoms with Crippen molar-refractivity contribution >= 4 is 33.5 Å². The molecule has 5 nitrogen and oxygen atoms in total. The molecule has 0 spiro atoms. The van der Waals surface area contributed by atoms with Crippen LogP contribution < -0.4 is 5.32 Å². The highest BCUT2D eigenvalue weighted by atomic mass is 79.9. The van der Waals surface area contributed by atoms with Crippen molar-refractivity contribution < 1.29 is 14.3 Å². The molecule has 0 radical (unpaired) electrons. The van der Waals surface area contributed by atoms with Gasteiger partial charge in [0, 0.05) is 36.4 Å². The number of hydrogen-bond donors (Lipinski definition) is 1. The summed E-state index contributed by atoms with van der Waals surface area (Å²) in [6.07, 6.45) is 2.50. The number of nitrogens with zero attached hydrogens (tertiary/aromatic N) is 1. The van der Waals surface area contributed by atoms with Gasteiger partial charge in [-0.1, -0.05) is 15.9 Å². The zero-order valence-corrected chi connectivity index (χ0v) is 15.0. The zero-order valence-electron chi connectivity index (χ0n) is 13.4. The van der Waals surface area contributed by atoms with Crippen LogP contribution in [-0.2, 0) is 4.74 Å². The first-order chi connectivity index (χ1) is 10.1. The molecule has 0 aliphatic carbocycles. The lowest BCUT2D eigenvalue weighted by atomic mass is 10.1. The number of nitrogens with one attached hydrogen (secondary N) is 1. The largest absolute Gasteiger partial charge is 0.444 e. The first kappa shape index (κ1) is 18.2. The number of hydrogen-bond acceptors (Lipinski definition) is 4. The third-order valence-electron chi connectivity index (χ3n) is 2.41. The second kappa shape index (κ2) is 7.45. The van der Waals surface area contributed by atoms with E-state index in [2.05, 4.69) is 21.2 Å². The predicted molar refractivity (Wildman–Crippen MR) is 91.2 cm³/mol. The smallest absolute Gasteiger partial charge is 0.412 e. The third kappa shape index (κ3) is 6.30. The first-order valence-electron chi connectivity index (χ1n) is 6.77. The van der Waals surface area contributed by atoms with Crippen molar-refractivity contribution in [3.05, 3.63) is 40.5 Å². The Balaban J connectivity index is 3.01. The summed E-state index contributed by atoms with van der Waals surface area (Å²) >= 11 is 3.33. The highest BCUT2D eigenvalue weighted by Crippen LogP contribution is 2.23. The summed E-state index contributed by atoms with van der Waals surface area (Å²) in [6, 6.07) is 5.07. The van der Waals surface area contributed by atoms with Crippen LogP contribution in [0.2, 0.25) is 0 Å². The molecule has 0 saturated heterocycles. The summed E-state index contributed by atoms with van der Waals surface area (Å²) in [4.78, 5) is 25.9. The van der Waals surface area contributed by atoms with E-state index in [1.807, 2.05) is 14.1 Å². The van der Waals surface area contributed by atoms with Gasteiger partial charge in [0.2, 0.25) is 0 Å². The van der Waals surface area contributed by atoms with Gasteiger partial charge >= 0.3 is 6.09 Å². The summed E-state index contributed by atoms with van der Waals surface area (Å²) in [5, 5.41) is 2.61. The number of ether oxygens (including phenoxy) is 1. The van der Waals surface area contributed by atoms with E-state index in [-0.39, 0.29) is 5.78 Å². The normalized spacial score (nSPS) is 11.4. The number of amides is 1. The minimum absolute atomic E-state index is 0.207. The Bertz CT molecular complexity index is 590. The van der Waals surface area contributed by atoms with Crippen molar-refractivity contribution in [2.45, 2.75) is 26.4 Å².